The molecule has 0 bridgehead atoms. The lowest BCUT2D eigenvalue weighted by Gasteiger charge is -2.16. The number of hydrogen-bond donors (Lipinski definition) is 0. The molecule has 0 fully saturated rings. The number of allylic oxidation sites excluding steroid dienone is 4. The molecule has 0 aromatic heterocycles. The first-order valence-corrected chi connectivity index (χ1v) is 10.7. The lowest BCUT2D eigenvalue weighted by molar-refractivity contribution is 0.947. The molecule has 1 unspecified atom stereocenters. The van der Waals surface area contributed by atoms with E-state index in [2.05, 4.69) is 73.8 Å². The molecular weight excluding hydrogens is 268 g/mol. The second-order valence-corrected chi connectivity index (χ2v) is 9.22. The van der Waals surface area contributed by atoms with E-state index in [0.29, 0.717) is 5.92 Å². The Morgan fingerprint density at radius 1 is 1.05 bits per heavy atom. The van der Waals surface area contributed by atoms with Crippen LogP contribution < -0.4 is 5.19 Å². The molecule has 2 aromatic rings. The van der Waals surface area contributed by atoms with Crippen LogP contribution in [0.4, 0.5) is 0 Å². The quantitative estimate of drug-likeness (QED) is 0.727. The molecular formula is C20H19Si. The summed E-state index contributed by atoms with van der Waals surface area (Å²) >= 11 is 0. The van der Waals surface area contributed by atoms with Crippen LogP contribution in [-0.4, -0.2) is 8.80 Å². The monoisotopic (exact) mass is 287 g/mol. The predicted molar refractivity (Wildman–Crippen MR) is 92.9 cm³/mol. The van der Waals surface area contributed by atoms with Crippen LogP contribution in [0.2, 0.25) is 13.1 Å². The molecule has 0 saturated carbocycles. The summed E-state index contributed by atoms with van der Waals surface area (Å²) in [6.07, 6.45) is 7.83. The van der Waals surface area contributed by atoms with Gasteiger partial charge in [0.15, 0.2) is 0 Å². The number of hydrogen-bond acceptors (Lipinski definition) is 0. The first-order valence-electron chi connectivity index (χ1n) is 7.76. The van der Waals surface area contributed by atoms with E-state index in [1.807, 2.05) is 0 Å². The van der Waals surface area contributed by atoms with E-state index in [-0.39, 0.29) is 0 Å². The highest BCUT2D eigenvalue weighted by molar-refractivity contribution is 6.70. The zero-order chi connectivity index (χ0) is 14.4. The first-order chi connectivity index (χ1) is 10.3. The Hall–Kier alpha value is -1.86. The van der Waals surface area contributed by atoms with Crippen molar-refractivity contribution in [3.05, 3.63) is 77.4 Å². The fourth-order valence-electron chi connectivity index (χ4n) is 3.54. The van der Waals surface area contributed by atoms with Gasteiger partial charge in [-0.3, -0.25) is 0 Å². The van der Waals surface area contributed by atoms with Gasteiger partial charge < -0.3 is 0 Å². The third-order valence-corrected chi connectivity index (χ3v) is 6.22. The van der Waals surface area contributed by atoms with Crippen LogP contribution >= 0.6 is 0 Å². The van der Waals surface area contributed by atoms with Crippen molar-refractivity contribution >= 4 is 14.0 Å². The van der Waals surface area contributed by atoms with E-state index in [4.69, 9.17) is 0 Å². The SMILES string of the molecule is C[SiH](C)c1[c]c2c(cc1)-c1ccccc1C2C1=CC=CC1. The van der Waals surface area contributed by atoms with Gasteiger partial charge in [-0.2, -0.15) is 0 Å². The van der Waals surface area contributed by atoms with E-state index < -0.39 is 8.80 Å². The lowest BCUT2D eigenvalue weighted by Crippen LogP contribution is -2.23. The third kappa shape index (κ3) is 1.96. The normalized spacial score (nSPS) is 18.8. The molecule has 1 atom stereocenters. The van der Waals surface area contributed by atoms with Crippen molar-refractivity contribution < 1.29 is 0 Å². The molecule has 1 heteroatoms. The molecule has 0 aliphatic heterocycles. The molecule has 1 radical (unpaired) electrons. The standard InChI is InChI=1S/C20H19Si/c1-21(2)15-11-12-17-16-9-5-6-10-18(16)20(19(17)13-15)14-7-3-4-8-14/h3-7,9-12,20-21H,8H2,1-2H3. The number of rotatable bonds is 2. The van der Waals surface area contributed by atoms with Crippen LogP contribution in [0.3, 0.4) is 0 Å². The second kappa shape index (κ2) is 4.85. The molecule has 2 aliphatic rings. The smallest absolute Gasteiger partial charge is 0.0655 e. The Morgan fingerprint density at radius 3 is 2.67 bits per heavy atom. The van der Waals surface area contributed by atoms with Crippen molar-refractivity contribution in [1.29, 1.82) is 0 Å². The molecule has 21 heavy (non-hydrogen) atoms. The van der Waals surface area contributed by atoms with Crippen molar-refractivity contribution in [1.82, 2.24) is 0 Å². The van der Waals surface area contributed by atoms with Gasteiger partial charge in [-0.25, -0.2) is 0 Å². The largest absolute Gasteiger partial charge is 0.0804 e. The van der Waals surface area contributed by atoms with E-state index in [1.165, 1.54) is 33.0 Å². The van der Waals surface area contributed by atoms with Crippen LogP contribution in [0.1, 0.15) is 23.5 Å². The molecule has 0 spiro atoms. The van der Waals surface area contributed by atoms with Crippen LogP contribution in [0.5, 0.6) is 0 Å². The first kappa shape index (κ1) is 12.8. The molecule has 0 amide bonds. The van der Waals surface area contributed by atoms with Gasteiger partial charge in [0, 0.05) is 5.92 Å². The summed E-state index contributed by atoms with van der Waals surface area (Å²) in [5.74, 6) is 0.416. The van der Waals surface area contributed by atoms with E-state index in [9.17, 15) is 0 Å². The van der Waals surface area contributed by atoms with Gasteiger partial charge in [0.2, 0.25) is 0 Å². The Balaban J connectivity index is 1.93. The topological polar surface area (TPSA) is 0 Å². The van der Waals surface area contributed by atoms with Gasteiger partial charge in [-0.15, -0.1) is 0 Å². The Labute approximate surface area is 128 Å². The van der Waals surface area contributed by atoms with Crippen molar-refractivity contribution in [2.45, 2.75) is 25.4 Å². The summed E-state index contributed by atoms with van der Waals surface area (Å²) in [6.45, 7) is 4.76. The van der Waals surface area contributed by atoms with Crippen LogP contribution in [-0.2, 0) is 0 Å². The highest BCUT2D eigenvalue weighted by Crippen LogP contribution is 2.48. The summed E-state index contributed by atoms with van der Waals surface area (Å²) in [5.41, 5.74) is 7.17. The van der Waals surface area contributed by atoms with Gasteiger partial charge in [0.05, 0.1) is 8.80 Å². The van der Waals surface area contributed by atoms with Crippen LogP contribution in [0, 0.1) is 6.07 Å². The Kier molecular flexibility index (Phi) is 2.97. The van der Waals surface area contributed by atoms with Gasteiger partial charge in [0.25, 0.3) is 0 Å². The fraction of sp³-hybridized carbons (Fsp3) is 0.200. The summed E-state index contributed by atoms with van der Waals surface area (Å²) in [5, 5.41) is 1.46. The Morgan fingerprint density at radius 2 is 1.90 bits per heavy atom. The van der Waals surface area contributed by atoms with Crippen molar-refractivity contribution in [3.63, 3.8) is 0 Å². The summed E-state index contributed by atoms with van der Waals surface area (Å²) in [6, 6.07) is 17.3. The molecule has 0 N–H and O–H groups in total. The maximum absolute atomic E-state index is 3.79. The van der Waals surface area contributed by atoms with E-state index in [0.717, 1.165) is 6.42 Å². The number of benzene rings is 2. The van der Waals surface area contributed by atoms with E-state index in [1.54, 1.807) is 0 Å². The predicted octanol–water partition coefficient (Wildman–Crippen LogP) is 4.18. The van der Waals surface area contributed by atoms with Crippen LogP contribution in [0.25, 0.3) is 11.1 Å². The highest BCUT2D eigenvalue weighted by Gasteiger charge is 2.31. The molecule has 4 rings (SSSR count). The third-order valence-electron chi connectivity index (χ3n) is 4.64. The maximum atomic E-state index is 3.79. The van der Waals surface area contributed by atoms with Gasteiger partial charge in [0.1, 0.15) is 0 Å². The van der Waals surface area contributed by atoms with Gasteiger partial charge in [-0.05, 0) is 34.7 Å². The average molecular weight is 287 g/mol. The number of fused-ring (bicyclic) bond motifs is 3. The molecule has 2 aromatic carbocycles. The summed E-state index contributed by atoms with van der Waals surface area (Å²) in [4.78, 5) is 0. The fourth-order valence-corrected chi connectivity index (χ4v) is 4.46. The summed E-state index contributed by atoms with van der Waals surface area (Å²) < 4.78 is 0. The molecule has 0 saturated heterocycles. The van der Waals surface area contributed by atoms with Crippen LogP contribution in [0.15, 0.2) is 60.2 Å². The average Bonchev–Trinajstić information content (AvgIpc) is 3.11. The molecule has 0 heterocycles. The Bertz CT molecular complexity index is 765. The zero-order valence-electron chi connectivity index (χ0n) is 12.6. The van der Waals surface area contributed by atoms with Gasteiger partial charge >= 0.3 is 0 Å². The molecule has 103 valence electrons. The van der Waals surface area contributed by atoms with Crippen molar-refractivity contribution in [2.75, 3.05) is 0 Å². The maximum Gasteiger partial charge on any atom is 0.0655 e. The zero-order valence-corrected chi connectivity index (χ0v) is 13.7. The minimum absolute atomic E-state index is 0.416. The summed E-state index contributed by atoms with van der Waals surface area (Å²) in [7, 11) is -0.812. The second-order valence-electron chi connectivity index (χ2n) is 6.29. The van der Waals surface area contributed by atoms with E-state index >= 15 is 0 Å². The van der Waals surface area contributed by atoms with Crippen molar-refractivity contribution in [2.24, 2.45) is 0 Å². The minimum Gasteiger partial charge on any atom is -0.0804 e. The highest BCUT2D eigenvalue weighted by atomic mass is 28.3. The van der Waals surface area contributed by atoms with Gasteiger partial charge in [-0.1, -0.05) is 78.5 Å². The molecule has 0 nitrogen and oxygen atoms in total. The minimum atomic E-state index is -0.812. The van der Waals surface area contributed by atoms with Crippen molar-refractivity contribution in [3.8, 4) is 11.1 Å². The lowest BCUT2D eigenvalue weighted by atomic mass is 9.88. The molecule has 2 aliphatic carbocycles.